The molecular weight excluding hydrogens is 273 g/mol. The van der Waals surface area contributed by atoms with Crippen LogP contribution in [0.5, 0.6) is 0 Å². The molecule has 5 heteroatoms. The van der Waals surface area contributed by atoms with Gasteiger partial charge in [0, 0.05) is 6.42 Å². The molecule has 0 aliphatic heterocycles. The molecular formula is C16H22FNO3. The molecule has 3 atom stereocenters. The number of carbonyl (C=O) groups is 1. The molecule has 1 aliphatic carbocycles. The highest BCUT2D eigenvalue weighted by Crippen LogP contribution is 2.19. The van der Waals surface area contributed by atoms with E-state index in [9.17, 15) is 19.4 Å². The van der Waals surface area contributed by atoms with E-state index >= 15 is 0 Å². The van der Waals surface area contributed by atoms with E-state index in [2.05, 4.69) is 5.32 Å². The van der Waals surface area contributed by atoms with Crippen molar-refractivity contribution in [1.29, 1.82) is 0 Å². The first kappa shape index (κ1) is 15.9. The second-order valence-corrected chi connectivity index (χ2v) is 5.64. The predicted molar refractivity (Wildman–Crippen MR) is 77.1 cm³/mol. The number of nitrogens with one attached hydrogen (secondary N) is 1. The third-order valence-corrected chi connectivity index (χ3v) is 3.97. The number of amides is 1. The predicted octanol–water partition coefficient (Wildman–Crippen LogP) is 1.54. The number of aliphatic hydroxyl groups excluding tert-OH is 2. The lowest BCUT2D eigenvalue weighted by Gasteiger charge is -2.24. The number of aliphatic hydroxyl groups is 2. The molecule has 4 nitrogen and oxygen atoms in total. The molecule has 1 saturated carbocycles. The van der Waals surface area contributed by atoms with Crippen LogP contribution in [-0.4, -0.2) is 34.4 Å². The van der Waals surface area contributed by atoms with Crippen LogP contribution in [0.1, 0.15) is 37.7 Å². The van der Waals surface area contributed by atoms with Crippen molar-refractivity contribution in [2.45, 2.75) is 56.8 Å². The topological polar surface area (TPSA) is 69.6 Å². The summed E-state index contributed by atoms with van der Waals surface area (Å²) in [5, 5.41) is 22.5. The van der Waals surface area contributed by atoms with Crippen LogP contribution in [0.15, 0.2) is 24.3 Å². The summed E-state index contributed by atoms with van der Waals surface area (Å²) in [6.45, 7) is 0. The molecule has 0 spiro atoms. The van der Waals surface area contributed by atoms with Crippen molar-refractivity contribution in [1.82, 2.24) is 5.32 Å². The molecule has 0 unspecified atom stereocenters. The SMILES string of the molecule is O=C(CCc1ccc(F)cc1)N[C@@H]1CCCC[C@@H](O)[C@@H]1O. The fraction of sp³-hybridized carbons (Fsp3) is 0.562. The lowest BCUT2D eigenvalue weighted by atomic mass is 10.0. The highest BCUT2D eigenvalue weighted by molar-refractivity contribution is 5.76. The maximum atomic E-state index is 12.8. The number of carbonyl (C=O) groups excluding carboxylic acids is 1. The van der Waals surface area contributed by atoms with E-state index < -0.39 is 12.2 Å². The van der Waals surface area contributed by atoms with E-state index in [4.69, 9.17) is 0 Å². The Morgan fingerprint density at radius 1 is 1.19 bits per heavy atom. The van der Waals surface area contributed by atoms with E-state index in [1.165, 1.54) is 12.1 Å². The van der Waals surface area contributed by atoms with Crippen LogP contribution in [0, 0.1) is 5.82 Å². The molecule has 1 aromatic rings. The summed E-state index contributed by atoms with van der Waals surface area (Å²) >= 11 is 0. The van der Waals surface area contributed by atoms with Crippen molar-refractivity contribution >= 4 is 5.91 Å². The van der Waals surface area contributed by atoms with Crippen LogP contribution in [0.2, 0.25) is 0 Å². The van der Waals surface area contributed by atoms with Crippen LogP contribution >= 0.6 is 0 Å². The maximum absolute atomic E-state index is 12.8. The molecule has 0 bridgehead atoms. The first-order valence-electron chi connectivity index (χ1n) is 7.46. The average molecular weight is 295 g/mol. The minimum absolute atomic E-state index is 0.155. The number of aryl methyl sites for hydroxylation is 1. The van der Waals surface area contributed by atoms with E-state index in [1.54, 1.807) is 12.1 Å². The van der Waals surface area contributed by atoms with Crippen LogP contribution in [-0.2, 0) is 11.2 Å². The Hall–Kier alpha value is -1.46. The maximum Gasteiger partial charge on any atom is 0.220 e. The Morgan fingerprint density at radius 2 is 1.86 bits per heavy atom. The van der Waals surface area contributed by atoms with Gasteiger partial charge in [-0.3, -0.25) is 4.79 Å². The van der Waals surface area contributed by atoms with Gasteiger partial charge in [-0.25, -0.2) is 4.39 Å². The zero-order valence-electron chi connectivity index (χ0n) is 12.0. The summed E-state index contributed by atoms with van der Waals surface area (Å²) in [6.07, 6.45) is 2.14. The molecule has 2 rings (SSSR count). The highest BCUT2D eigenvalue weighted by atomic mass is 19.1. The van der Waals surface area contributed by atoms with Gasteiger partial charge in [0.1, 0.15) is 5.82 Å². The summed E-state index contributed by atoms with van der Waals surface area (Å²) in [6, 6.07) is 5.68. The minimum Gasteiger partial charge on any atom is -0.390 e. The largest absolute Gasteiger partial charge is 0.390 e. The first-order chi connectivity index (χ1) is 10.1. The van der Waals surface area contributed by atoms with Crippen molar-refractivity contribution in [3.05, 3.63) is 35.6 Å². The summed E-state index contributed by atoms with van der Waals surface area (Å²) in [5.41, 5.74) is 0.896. The Labute approximate surface area is 124 Å². The van der Waals surface area contributed by atoms with Crippen molar-refractivity contribution < 1.29 is 19.4 Å². The summed E-state index contributed by atoms with van der Waals surface area (Å²) in [4.78, 5) is 11.9. The zero-order valence-corrected chi connectivity index (χ0v) is 12.0. The Bertz CT molecular complexity index is 463. The summed E-state index contributed by atoms with van der Waals surface area (Å²) in [7, 11) is 0. The van der Waals surface area contributed by atoms with Gasteiger partial charge in [-0.15, -0.1) is 0 Å². The van der Waals surface area contributed by atoms with E-state index in [0.29, 0.717) is 19.3 Å². The van der Waals surface area contributed by atoms with Gasteiger partial charge in [-0.2, -0.15) is 0 Å². The van der Waals surface area contributed by atoms with Gasteiger partial charge >= 0.3 is 0 Å². The Kier molecular flexibility index (Phi) is 5.70. The number of halogens is 1. The van der Waals surface area contributed by atoms with E-state index in [-0.39, 0.29) is 24.2 Å². The lowest BCUT2D eigenvalue weighted by Crippen LogP contribution is -2.47. The summed E-state index contributed by atoms with van der Waals surface area (Å²) < 4.78 is 12.8. The monoisotopic (exact) mass is 295 g/mol. The fourth-order valence-electron chi connectivity index (χ4n) is 2.67. The van der Waals surface area contributed by atoms with E-state index in [1.807, 2.05) is 0 Å². The van der Waals surface area contributed by atoms with Gasteiger partial charge in [0.15, 0.2) is 0 Å². The van der Waals surface area contributed by atoms with Crippen molar-refractivity contribution in [3.8, 4) is 0 Å². The normalized spacial score (nSPS) is 26.1. The van der Waals surface area contributed by atoms with Crippen LogP contribution in [0.4, 0.5) is 4.39 Å². The first-order valence-corrected chi connectivity index (χ1v) is 7.46. The quantitative estimate of drug-likeness (QED) is 0.738. The Morgan fingerprint density at radius 3 is 2.57 bits per heavy atom. The zero-order chi connectivity index (χ0) is 15.2. The molecule has 1 aliphatic rings. The second-order valence-electron chi connectivity index (χ2n) is 5.64. The molecule has 3 N–H and O–H groups in total. The molecule has 0 radical (unpaired) electrons. The van der Waals surface area contributed by atoms with Crippen LogP contribution < -0.4 is 5.32 Å². The molecule has 1 fully saturated rings. The fourth-order valence-corrected chi connectivity index (χ4v) is 2.67. The van der Waals surface area contributed by atoms with Crippen molar-refractivity contribution in [2.24, 2.45) is 0 Å². The van der Waals surface area contributed by atoms with Crippen LogP contribution in [0.3, 0.4) is 0 Å². The number of rotatable bonds is 4. The van der Waals surface area contributed by atoms with Gasteiger partial charge in [0.25, 0.3) is 0 Å². The average Bonchev–Trinajstić information content (AvgIpc) is 2.62. The van der Waals surface area contributed by atoms with Gasteiger partial charge < -0.3 is 15.5 Å². The Balaban J connectivity index is 1.81. The van der Waals surface area contributed by atoms with Gasteiger partial charge in [-0.1, -0.05) is 25.0 Å². The van der Waals surface area contributed by atoms with Gasteiger partial charge in [-0.05, 0) is 37.0 Å². The van der Waals surface area contributed by atoms with Gasteiger partial charge in [0.05, 0.1) is 18.2 Å². The number of hydrogen-bond donors (Lipinski definition) is 3. The van der Waals surface area contributed by atoms with Crippen molar-refractivity contribution in [2.75, 3.05) is 0 Å². The van der Waals surface area contributed by atoms with Crippen LogP contribution in [0.25, 0.3) is 0 Å². The molecule has 0 saturated heterocycles. The minimum atomic E-state index is -0.901. The molecule has 21 heavy (non-hydrogen) atoms. The second kappa shape index (κ2) is 7.52. The standard InChI is InChI=1S/C16H22FNO3/c17-12-8-5-11(6-9-12)7-10-15(20)18-13-3-1-2-4-14(19)16(13)21/h5-6,8-9,13-14,16,19,21H,1-4,7,10H2,(H,18,20)/t13-,14-,16-/m1/s1. The number of hydrogen-bond acceptors (Lipinski definition) is 3. The lowest BCUT2D eigenvalue weighted by molar-refractivity contribution is -0.123. The summed E-state index contributed by atoms with van der Waals surface area (Å²) in [5.74, 6) is -0.448. The molecule has 0 aromatic heterocycles. The molecule has 116 valence electrons. The smallest absolute Gasteiger partial charge is 0.220 e. The molecule has 1 aromatic carbocycles. The number of benzene rings is 1. The third-order valence-electron chi connectivity index (χ3n) is 3.97. The van der Waals surface area contributed by atoms with E-state index in [0.717, 1.165) is 18.4 Å². The molecule has 1 amide bonds. The van der Waals surface area contributed by atoms with Gasteiger partial charge in [0.2, 0.25) is 5.91 Å². The molecule has 0 heterocycles. The third kappa shape index (κ3) is 4.79. The highest BCUT2D eigenvalue weighted by Gasteiger charge is 2.29. The van der Waals surface area contributed by atoms with Crippen molar-refractivity contribution in [3.63, 3.8) is 0 Å².